The van der Waals surface area contributed by atoms with Gasteiger partial charge in [-0.1, -0.05) is 19.1 Å². The van der Waals surface area contributed by atoms with E-state index in [4.69, 9.17) is 5.73 Å². The Morgan fingerprint density at radius 3 is 2.50 bits per heavy atom. The quantitative estimate of drug-likeness (QED) is 0.901. The monoisotopic (exact) mass is 243 g/mol. The first-order valence-corrected chi connectivity index (χ1v) is 6.43. The zero-order valence-electron chi connectivity index (χ0n) is 11.6. The van der Waals surface area contributed by atoms with Gasteiger partial charge in [-0.05, 0) is 49.9 Å². The molecule has 3 nitrogen and oxygen atoms in total. The van der Waals surface area contributed by atoms with Crippen LogP contribution in [0.25, 0.3) is 5.69 Å². The minimum Gasteiger partial charge on any atom is -0.326 e. The van der Waals surface area contributed by atoms with Gasteiger partial charge in [0.25, 0.3) is 0 Å². The van der Waals surface area contributed by atoms with E-state index in [0.717, 1.165) is 23.4 Å². The van der Waals surface area contributed by atoms with E-state index in [0.29, 0.717) is 6.54 Å². The van der Waals surface area contributed by atoms with Crippen LogP contribution in [0.4, 0.5) is 0 Å². The molecule has 2 N–H and O–H groups in total. The number of hydrogen-bond donors (Lipinski definition) is 1. The van der Waals surface area contributed by atoms with E-state index in [1.54, 1.807) is 0 Å². The zero-order chi connectivity index (χ0) is 13.3. The van der Waals surface area contributed by atoms with Crippen molar-refractivity contribution < 1.29 is 0 Å². The van der Waals surface area contributed by atoms with Crippen LogP contribution in [0.3, 0.4) is 0 Å². The summed E-state index contributed by atoms with van der Waals surface area (Å²) in [6, 6.07) is 6.34. The Labute approximate surface area is 109 Å². The fourth-order valence-corrected chi connectivity index (χ4v) is 2.46. The standard InChI is InChI=1S/C15H21N3/c1-5-14-11(3)17-18(12(14)4)15-8-10(2)6-7-13(15)9-16/h6-8H,5,9,16H2,1-4H3. The van der Waals surface area contributed by atoms with Gasteiger partial charge in [0.1, 0.15) is 0 Å². The summed E-state index contributed by atoms with van der Waals surface area (Å²) in [7, 11) is 0. The molecule has 0 aliphatic rings. The fraction of sp³-hybridized carbons (Fsp3) is 0.400. The lowest BCUT2D eigenvalue weighted by molar-refractivity contribution is 0.815. The molecular formula is C15H21N3. The first-order chi connectivity index (χ1) is 8.58. The summed E-state index contributed by atoms with van der Waals surface area (Å²) in [5.41, 5.74) is 13.0. The molecule has 0 amide bonds. The van der Waals surface area contributed by atoms with Gasteiger partial charge in [0.05, 0.1) is 11.4 Å². The molecule has 0 radical (unpaired) electrons. The topological polar surface area (TPSA) is 43.8 Å². The predicted molar refractivity (Wildman–Crippen MR) is 75.0 cm³/mol. The van der Waals surface area contributed by atoms with Crippen molar-refractivity contribution in [3.05, 3.63) is 46.3 Å². The maximum atomic E-state index is 5.82. The van der Waals surface area contributed by atoms with Crippen LogP contribution in [0.5, 0.6) is 0 Å². The normalized spacial score (nSPS) is 10.9. The summed E-state index contributed by atoms with van der Waals surface area (Å²) in [5, 5.41) is 4.66. The second kappa shape index (κ2) is 4.94. The summed E-state index contributed by atoms with van der Waals surface area (Å²) in [6.07, 6.45) is 1.02. The summed E-state index contributed by atoms with van der Waals surface area (Å²) in [6.45, 7) is 8.99. The molecule has 0 saturated heterocycles. The number of aryl methyl sites for hydroxylation is 2. The first kappa shape index (κ1) is 12.8. The Morgan fingerprint density at radius 1 is 1.22 bits per heavy atom. The van der Waals surface area contributed by atoms with E-state index in [1.165, 1.54) is 16.8 Å². The molecule has 1 heterocycles. The van der Waals surface area contributed by atoms with E-state index in [1.807, 2.05) is 4.68 Å². The number of nitrogens with zero attached hydrogens (tertiary/aromatic N) is 2. The molecule has 18 heavy (non-hydrogen) atoms. The summed E-state index contributed by atoms with van der Waals surface area (Å²) in [5.74, 6) is 0. The molecule has 0 bridgehead atoms. The van der Waals surface area contributed by atoms with Gasteiger partial charge in [-0.15, -0.1) is 0 Å². The molecule has 3 heteroatoms. The smallest absolute Gasteiger partial charge is 0.0696 e. The molecule has 1 aromatic carbocycles. The average molecular weight is 243 g/mol. The Balaban J connectivity index is 2.65. The number of nitrogens with two attached hydrogens (primary N) is 1. The molecular weight excluding hydrogens is 222 g/mol. The zero-order valence-corrected chi connectivity index (χ0v) is 11.6. The highest BCUT2D eigenvalue weighted by Crippen LogP contribution is 2.22. The summed E-state index contributed by atoms with van der Waals surface area (Å²) >= 11 is 0. The van der Waals surface area contributed by atoms with Crippen molar-refractivity contribution in [2.75, 3.05) is 0 Å². The van der Waals surface area contributed by atoms with Crippen molar-refractivity contribution in [1.29, 1.82) is 0 Å². The number of aromatic nitrogens is 2. The van der Waals surface area contributed by atoms with Crippen molar-refractivity contribution in [3.8, 4) is 5.69 Å². The summed E-state index contributed by atoms with van der Waals surface area (Å²) < 4.78 is 2.03. The van der Waals surface area contributed by atoms with Gasteiger partial charge in [-0.3, -0.25) is 0 Å². The third kappa shape index (κ3) is 2.06. The predicted octanol–water partition coefficient (Wildman–Crippen LogP) is 2.82. The minimum absolute atomic E-state index is 0.537. The first-order valence-electron chi connectivity index (χ1n) is 6.43. The van der Waals surface area contributed by atoms with Gasteiger partial charge in [-0.2, -0.15) is 5.10 Å². The Hall–Kier alpha value is -1.61. The van der Waals surface area contributed by atoms with Crippen LogP contribution in [0, 0.1) is 20.8 Å². The van der Waals surface area contributed by atoms with E-state index >= 15 is 0 Å². The Kier molecular flexibility index (Phi) is 3.53. The van der Waals surface area contributed by atoms with Crippen molar-refractivity contribution in [2.24, 2.45) is 5.73 Å². The number of benzene rings is 1. The molecule has 2 rings (SSSR count). The molecule has 0 aliphatic carbocycles. The lowest BCUT2D eigenvalue weighted by atomic mass is 10.1. The molecule has 0 unspecified atom stereocenters. The average Bonchev–Trinajstić information content (AvgIpc) is 2.64. The van der Waals surface area contributed by atoms with Crippen molar-refractivity contribution in [3.63, 3.8) is 0 Å². The molecule has 0 fully saturated rings. The molecule has 96 valence electrons. The van der Waals surface area contributed by atoms with Crippen molar-refractivity contribution >= 4 is 0 Å². The van der Waals surface area contributed by atoms with E-state index in [2.05, 4.69) is 51.0 Å². The molecule has 0 spiro atoms. The maximum Gasteiger partial charge on any atom is 0.0696 e. The number of hydrogen-bond acceptors (Lipinski definition) is 2. The van der Waals surface area contributed by atoms with Crippen LogP contribution in [0.15, 0.2) is 18.2 Å². The molecule has 0 aliphatic heterocycles. The second-order valence-corrected chi connectivity index (χ2v) is 4.75. The largest absolute Gasteiger partial charge is 0.326 e. The van der Waals surface area contributed by atoms with Gasteiger partial charge in [0, 0.05) is 12.2 Å². The molecule has 1 aromatic heterocycles. The van der Waals surface area contributed by atoms with Crippen LogP contribution in [-0.4, -0.2) is 9.78 Å². The van der Waals surface area contributed by atoms with Gasteiger partial charge < -0.3 is 5.73 Å². The number of rotatable bonds is 3. The minimum atomic E-state index is 0.537. The highest BCUT2D eigenvalue weighted by atomic mass is 15.3. The van der Waals surface area contributed by atoms with Crippen LogP contribution >= 0.6 is 0 Å². The van der Waals surface area contributed by atoms with Gasteiger partial charge >= 0.3 is 0 Å². The maximum absolute atomic E-state index is 5.82. The SMILES string of the molecule is CCc1c(C)nn(-c2cc(C)ccc2CN)c1C. The lowest BCUT2D eigenvalue weighted by Crippen LogP contribution is -2.07. The van der Waals surface area contributed by atoms with Crippen LogP contribution in [-0.2, 0) is 13.0 Å². The fourth-order valence-electron chi connectivity index (χ4n) is 2.46. The van der Waals surface area contributed by atoms with E-state index in [9.17, 15) is 0 Å². The lowest BCUT2D eigenvalue weighted by Gasteiger charge is -2.11. The Bertz CT molecular complexity index is 567. The van der Waals surface area contributed by atoms with E-state index in [-0.39, 0.29) is 0 Å². The Morgan fingerprint density at radius 2 is 1.94 bits per heavy atom. The third-order valence-corrected chi connectivity index (χ3v) is 3.48. The highest BCUT2D eigenvalue weighted by molar-refractivity contribution is 5.45. The third-order valence-electron chi connectivity index (χ3n) is 3.48. The van der Waals surface area contributed by atoms with E-state index < -0.39 is 0 Å². The van der Waals surface area contributed by atoms with Gasteiger partial charge in [-0.25, -0.2) is 4.68 Å². The van der Waals surface area contributed by atoms with Crippen molar-refractivity contribution in [1.82, 2.24) is 9.78 Å². The highest BCUT2D eigenvalue weighted by Gasteiger charge is 2.13. The van der Waals surface area contributed by atoms with Crippen LogP contribution in [0.2, 0.25) is 0 Å². The second-order valence-electron chi connectivity index (χ2n) is 4.75. The van der Waals surface area contributed by atoms with Gasteiger partial charge in [0.15, 0.2) is 0 Å². The molecule has 2 aromatic rings. The van der Waals surface area contributed by atoms with Crippen LogP contribution in [0.1, 0.15) is 35.0 Å². The van der Waals surface area contributed by atoms with Gasteiger partial charge in [0.2, 0.25) is 0 Å². The van der Waals surface area contributed by atoms with Crippen LogP contribution < -0.4 is 5.73 Å². The molecule has 0 saturated carbocycles. The van der Waals surface area contributed by atoms with Crippen molar-refractivity contribution in [2.45, 2.75) is 40.7 Å². The molecule has 0 atom stereocenters. The summed E-state index contributed by atoms with van der Waals surface area (Å²) in [4.78, 5) is 0.